The molecule has 0 saturated carbocycles. The Labute approximate surface area is 134 Å². The summed E-state index contributed by atoms with van der Waals surface area (Å²) in [5, 5.41) is 0. The highest BCUT2D eigenvalue weighted by molar-refractivity contribution is 14.0. The van der Waals surface area contributed by atoms with Crippen LogP contribution in [0.1, 0.15) is 13.8 Å². The molecule has 6 nitrogen and oxygen atoms in total. The summed E-state index contributed by atoms with van der Waals surface area (Å²) in [6, 6.07) is 0. The monoisotopic (exact) mass is 406 g/mol. The van der Waals surface area contributed by atoms with E-state index in [1.807, 2.05) is 51.8 Å². The van der Waals surface area contributed by atoms with Crippen LogP contribution in [0.2, 0.25) is 0 Å². The smallest absolute Gasteiger partial charge is 0.215 e. The summed E-state index contributed by atoms with van der Waals surface area (Å²) in [6.45, 7) is 4.99. The fraction of sp³-hybridized carbons (Fsp3) is 0.909. The highest BCUT2D eigenvalue weighted by Crippen LogP contribution is 2.01. The van der Waals surface area contributed by atoms with Crippen LogP contribution in [0.3, 0.4) is 0 Å². The van der Waals surface area contributed by atoms with E-state index in [2.05, 4.69) is 4.99 Å². The molecule has 0 saturated heterocycles. The Kier molecular flexibility index (Phi) is 10.9. The Morgan fingerprint density at radius 1 is 1.00 bits per heavy atom. The van der Waals surface area contributed by atoms with Gasteiger partial charge >= 0.3 is 0 Å². The van der Waals surface area contributed by atoms with E-state index in [9.17, 15) is 8.42 Å². The molecule has 0 amide bonds. The molecular weight excluding hydrogens is 379 g/mol. The molecule has 116 valence electrons. The first kappa shape index (κ1) is 21.2. The molecule has 0 aliphatic carbocycles. The molecule has 0 aliphatic rings. The van der Waals surface area contributed by atoms with Crippen LogP contribution >= 0.6 is 24.0 Å². The van der Waals surface area contributed by atoms with E-state index in [1.165, 1.54) is 4.31 Å². The highest BCUT2D eigenvalue weighted by Gasteiger charge is 2.18. The fourth-order valence-corrected chi connectivity index (χ4v) is 3.06. The standard InChI is InChI=1S/C11H26N4O2S.HI/c1-7-15(8-2)18(16,17)10-9-12-11(13(3)4)14(5)6;/h7-10H2,1-6H3;1H. The summed E-state index contributed by atoms with van der Waals surface area (Å²) in [7, 11) is 4.37. The number of hydrogen-bond acceptors (Lipinski definition) is 3. The second-order valence-electron chi connectivity index (χ2n) is 4.37. The van der Waals surface area contributed by atoms with Gasteiger partial charge in [0, 0.05) is 41.3 Å². The van der Waals surface area contributed by atoms with Crippen molar-refractivity contribution in [3.05, 3.63) is 0 Å². The van der Waals surface area contributed by atoms with Crippen LogP contribution < -0.4 is 0 Å². The quantitative estimate of drug-likeness (QED) is 0.371. The third-order valence-electron chi connectivity index (χ3n) is 2.50. The van der Waals surface area contributed by atoms with Crippen LogP contribution in [0.25, 0.3) is 0 Å². The first-order chi connectivity index (χ1) is 8.26. The van der Waals surface area contributed by atoms with Crippen molar-refractivity contribution in [2.75, 3.05) is 53.6 Å². The number of rotatable bonds is 6. The van der Waals surface area contributed by atoms with Gasteiger partial charge in [0.2, 0.25) is 10.0 Å². The number of hydrogen-bond donors (Lipinski definition) is 0. The molecule has 8 heteroatoms. The second-order valence-corrected chi connectivity index (χ2v) is 6.46. The minimum atomic E-state index is -3.18. The number of sulfonamides is 1. The van der Waals surface area contributed by atoms with Crippen molar-refractivity contribution < 1.29 is 8.42 Å². The molecule has 0 unspecified atom stereocenters. The van der Waals surface area contributed by atoms with E-state index >= 15 is 0 Å². The molecule has 0 aromatic carbocycles. The van der Waals surface area contributed by atoms with Crippen LogP contribution in [0.15, 0.2) is 4.99 Å². The van der Waals surface area contributed by atoms with Gasteiger partial charge in [0.1, 0.15) is 0 Å². The lowest BCUT2D eigenvalue weighted by Gasteiger charge is -2.23. The molecule has 0 atom stereocenters. The molecule has 0 aromatic rings. The Hall–Kier alpha value is -0.0900. The number of guanidine groups is 1. The van der Waals surface area contributed by atoms with Crippen molar-refractivity contribution in [3.63, 3.8) is 0 Å². The fourth-order valence-electron chi connectivity index (χ4n) is 1.69. The minimum absolute atomic E-state index is 0. The zero-order valence-electron chi connectivity index (χ0n) is 12.8. The molecule has 0 spiro atoms. The summed E-state index contributed by atoms with van der Waals surface area (Å²) in [5.41, 5.74) is 0. The normalized spacial score (nSPS) is 10.9. The molecular formula is C11H27IN4O2S. The number of aliphatic imine (C=N–C) groups is 1. The molecule has 0 heterocycles. The van der Waals surface area contributed by atoms with Gasteiger partial charge in [0.25, 0.3) is 0 Å². The zero-order valence-corrected chi connectivity index (χ0v) is 15.9. The lowest BCUT2D eigenvalue weighted by Crippen LogP contribution is -2.37. The molecule has 19 heavy (non-hydrogen) atoms. The third-order valence-corrected chi connectivity index (χ3v) is 4.50. The van der Waals surface area contributed by atoms with Crippen molar-refractivity contribution in [1.29, 1.82) is 0 Å². The van der Waals surface area contributed by atoms with Crippen molar-refractivity contribution in [2.24, 2.45) is 4.99 Å². The Morgan fingerprint density at radius 2 is 1.42 bits per heavy atom. The van der Waals surface area contributed by atoms with Gasteiger partial charge in [-0.05, 0) is 0 Å². The van der Waals surface area contributed by atoms with Crippen LogP contribution in [-0.2, 0) is 10.0 Å². The molecule has 0 fully saturated rings. The maximum Gasteiger partial charge on any atom is 0.215 e. The van der Waals surface area contributed by atoms with Crippen LogP contribution in [-0.4, -0.2) is 82.1 Å². The molecule has 0 N–H and O–H groups in total. The number of nitrogens with zero attached hydrogens (tertiary/aromatic N) is 4. The van der Waals surface area contributed by atoms with E-state index in [4.69, 9.17) is 0 Å². The number of halogens is 1. The molecule has 0 radical (unpaired) electrons. The first-order valence-electron chi connectivity index (χ1n) is 6.13. The van der Waals surface area contributed by atoms with Crippen molar-refractivity contribution in [1.82, 2.24) is 14.1 Å². The van der Waals surface area contributed by atoms with Gasteiger partial charge in [0.05, 0.1) is 12.3 Å². The van der Waals surface area contributed by atoms with Gasteiger partial charge in [0.15, 0.2) is 5.96 Å². The van der Waals surface area contributed by atoms with E-state index < -0.39 is 10.0 Å². The minimum Gasteiger partial charge on any atom is -0.349 e. The predicted octanol–water partition coefficient (Wildman–Crippen LogP) is 0.755. The van der Waals surface area contributed by atoms with Gasteiger partial charge in [-0.1, -0.05) is 13.8 Å². The van der Waals surface area contributed by atoms with Crippen molar-refractivity contribution in [3.8, 4) is 0 Å². The predicted molar refractivity (Wildman–Crippen MR) is 91.8 cm³/mol. The summed E-state index contributed by atoms with van der Waals surface area (Å²) in [4.78, 5) is 8.05. The van der Waals surface area contributed by atoms with E-state index in [0.717, 1.165) is 5.96 Å². The largest absolute Gasteiger partial charge is 0.349 e. The first-order valence-corrected chi connectivity index (χ1v) is 7.74. The zero-order chi connectivity index (χ0) is 14.3. The maximum atomic E-state index is 11.9. The maximum absolute atomic E-state index is 11.9. The summed E-state index contributed by atoms with van der Waals surface area (Å²) < 4.78 is 25.4. The summed E-state index contributed by atoms with van der Waals surface area (Å²) >= 11 is 0. The van der Waals surface area contributed by atoms with Gasteiger partial charge in [-0.15, -0.1) is 24.0 Å². The molecule has 0 rings (SSSR count). The van der Waals surface area contributed by atoms with Crippen molar-refractivity contribution in [2.45, 2.75) is 13.8 Å². The van der Waals surface area contributed by atoms with E-state index in [0.29, 0.717) is 13.1 Å². The Bertz CT molecular complexity index is 355. The molecule has 0 aliphatic heterocycles. The van der Waals surface area contributed by atoms with Gasteiger partial charge < -0.3 is 9.80 Å². The van der Waals surface area contributed by atoms with Crippen LogP contribution in [0.4, 0.5) is 0 Å². The van der Waals surface area contributed by atoms with E-state index in [-0.39, 0.29) is 36.3 Å². The lowest BCUT2D eigenvalue weighted by atomic mass is 10.7. The second kappa shape index (κ2) is 9.76. The summed E-state index contributed by atoms with van der Waals surface area (Å²) in [6.07, 6.45) is 0. The van der Waals surface area contributed by atoms with Crippen LogP contribution in [0, 0.1) is 0 Å². The highest BCUT2D eigenvalue weighted by atomic mass is 127. The SMILES string of the molecule is CCN(CC)S(=O)(=O)CCN=C(N(C)C)N(C)C.I. The lowest BCUT2D eigenvalue weighted by molar-refractivity contribution is 0.444. The molecule has 0 aromatic heterocycles. The third kappa shape index (κ3) is 7.31. The topological polar surface area (TPSA) is 56.2 Å². The Balaban J connectivity index is 0. The van der Waals surface area contributed by atoms with Gasteiger partial charge in [-0.3, -0.25) is 4.99 Å². The van der Waals surface area contributed by atoms with Crippen LogP contribution in [0.5, 0.6) is 0 Å². The average Bonchev–Trinajstić information content (AvgIpc) is 2.24. The van der Waals surface area contributed by atoms with E-state index in [1.54, 1.807) is 0 Å². The Morgan fingerprint density at radius 3 is 1.74 bits per heavy atom. The van der Waals surface area contributed by atoms with Gasteiger partial charge in [-0.2, -0.15) is 0 Å². The molecule has 0 bridgehead atoms. The summed E-state index contributed by atoms with van der Waals surface area (Å²) in [5.74, 6) is 0.824. The van der Waals surface area contributed by atoms with Gasteiger partial charge in [-0.25, -0.2) is 12.7 Å². The average molecular weight is 406 g/mol. The van der Waals surface area contributed by atoms with Crippen molar-refractivity contribution >= 4 is 40.0 Å².